The summed E-state index contributed by atoms with van der Waals surface area (Å²) in [4.78, 5) is 8.53. The Morgan fingerprint density at radius 3 is 3.00 bits per heavy atom. The molecule has 4 heteroatoms. The minimum absolute atomic E-state index is 0.514. The first-order valence-electron chi connectivity index (χ1n) is 5.13. The van der Waals surface area contributed by atoms with E-state index in [1.807, 2.05) is 6.07 Å². The van der Waals surface area contributed by atoms with Crippen molar-refractivity contribution < 1.29 is 4.74 Å². The zero-order valence-electron chi connectivity index (χ0n) is 9.47. The highest BCUT2D eigenvalue weighted by Crippen LogP contribution is 2.21. The SMILES string of the molecule is C=CCc1c(C#N)cnc2ccc(OC)nc12. The first-order chi connectivity index (χ1) is 8.30. The molecule has 0 N–H and O–H groups in total. The van der Waals surface area contributed by atoms with Gasteiger partial charge in [-0.05, 0) is 12.5 Å². The molecule has 0 atom stereocenters. The Labute approximate surface area is 99.2 Å². The second kappa shape index (κ2) is 4.62. The summed E-state index contributed by atoms with van der Waals surface area (Å²) in [6.45, 7) is 3.69. The first kappa shape index (κ1) is 11.1. The molecule has 0 bridgehead atoms. The third-order valence-electron chi connectivity index (χ3n) is 2.47. The van der Waals surface area contributed by atoms with Crippen LogP contribution >= 0.6 is 0 Å². The van der Waals surface area contributed by atoms with Gasteiger partial charge in [0.15, 0.2) is 0 Å². The van der Waals surface area contributed by atoms with Crippen LogP contribution in [0.2, 0.25) is 0 Å². The molecule has 0 radical (unpaired) electrons. The predicted octanol–water partition coefficient (Wildman–Crippen LogP) is 2.24. The topological polar surface area (TPSA) is 58.8 Å². The normalized spacial score (nSPS) is 9.88. The van der Waals surface area contributed by atoms with E-state index in [9.17, 15) is 0 Å². The van der Waals surface area contributed by atoms with Crippen LogP contribution in [0.5, 0.6) is 5.88 Å². The van der Waals surface area contributed by atoms with Crippen molar-refractivity contribution in [2.45, 2.75) is 6.42 Å². The quantitative estimate of drug-likeness (QED) is 0.751. The fourth-order valence-electron chi connectivity index (χ4n) is 1.66. The van der Waals surface area contributed by atoms with Crippen LogP contribution in [0, 0.1) is 11.3 Å². The lowest BCUT2D eigenvalue weighted by Crippen LogP contribution is -1.97. The lowest BCUT2D eigenvalue weighted by molar-refractivity contribution is 0.399. The molecule has 2 rings (SSSR count). The van der Waals surface area contributed by atoms with Crippen LogP contribution < -0.4 is 4.74 Å². The molecule has 17 heavy (non-hydrogen) atoms. The number of methoxy groups -OCH3 is 1. The van der Waals surface area contributed by atoms with Gasteiger partial charge in [-0.2, -0.15) is 5.26 Å². The molecule has 0 amide bonds. The molecule has 4 nitrogen and oxygen atoms in total. The average molecular weight is 225 g/mol. The minimum Gasteiger partial charge on any atom is -0.481 e. The van der Waals surface area contributed by atoms with Gasteiger partial charge < -0.3 is 4.74 Å². The van der Waals surface area contributed by atoms with Crippen molar-refractivity contribution in [3.63, 3.8) is 0 Å². The zero-order valence-corrected chi connectivity index (χ0v) is 9.47. The Hall–Kier alpha value is -2.41. The van der Waals surface area contributed by atoms with E-state index < -0.39 is 0 Å². The number of fused-ring (bicyclic) bond motifs is 1. The van der Waals surface area contributed by atoms with E-state index in [1.54, 1.807) is 25.4 Å². The number of nitrogens with zero attached hydrogens (tertiary/aromatic N) is 3. The van der Waals surface area contributed by atoms with Crippen molar-refractivity contribution in [3.8, 4) is 11.9 Å². The standard InChI is InChI=1S/C13H11N3O/c1-3-4-10-9(7-14)8-15-11-5-6-12(17-2)16-13(10)11/h3,5-6,8H,1,4H2,2H3. The summed E-state index contributed by atoms with van der Waals surface area (Å²) in [5, 5.41) is 9.05. The summed E-state index contributed by atoms with van der Waals surface area (Å²) < 4.78 is 5.08. The summed E-state index contributed by atoms with van der Waals surface area (Å²) >= 11 is 0. The number of hydrogen-bond donors (Lipinski definition) is 0. The van der Waals surface area contributed by atoms with Crippen LogP contribution in [0.4, 0.5) is 0 Å². The number of aromatic nitrogens is 2. The molecule has 2 aromatic heterocycles. The largest absolute Gasteiger partial charge is 0.481 e. The van der Waals surface area contributed by atoms with E-state index in [2.05, 4.69) is 22.6 Å². The summed E-state index contributed by atoms with van der Waals surface area (Å²) in [5.74, 6) is 0.514. The lowest BCUT2D eigenvalue weighted by atomic mass is 10.1. The van der Waals surface area contributed by atoms with E-state index in [1.165, 1.54) is 0 Å². The molecule has 84 valence electrons. The molecule has 0 aliphatic heterocycles. The Morgan fingerprint density at radius 2 is 2.35 bits per heavy atom. The molecule has 0 spiro atoms. The Morgan fingerprint density at radius 1 is 1.53 bits per heavy atom. The Kier molecular flexibility index (Phi) is 3.01. The van der Waals surface area contributed by atoms with Gasteiger partial charge in [0.05, 0.1) is 23.7 Å². The summed E-state index contributed by atoms with van der Waals surface area (Å²) in [6.07, 6.45) is 3.90. The number of ether oxygens (including phenoxy) is 1. The van der Waals surface area contributed by atoms with Crippen molar-refractivity contribution in [3.05, 3.63) is 42.1 Å². The molecule has 0 fully saturated rings. The summed E-state index contributed by atoms with van der Waals surface area (Å²) in [5.41, 5.74) is 2.81. The van der Waals surface area contributed by atoms with E-state index in [0.717, 1.165) is 11.1 Å². The predicted molar refractivity (Wildman–Crippen MR) is 64.7 cm³/mol. The molecule has 2 aromatic rings. The maximum Gasteiger partial charge on any atom is 0.213 e. The minimum atomic E-state index is 0.514. The van der Waals surface area contributed by atoms with E-state index in [0.29, 0.717) is 23.4 Å². The third kappa shape index (κ3) is 1.95. The van der Waals surface area contributed by atoms with E-state index in [4.69, 9.17) is 10.00 Å². The molecule has 2 heterocycles. The Balaban J connectivity index is 2.77. The van der Waals surface area contributed by atoms with Gasteiger partial charge in [-0.15, -0.1) is 6.58 Å². The molecular weight excluding hydrogens is 214 g/mol. The number of allylic oxidation sites excluding steroid dienone is 1. The van der Waals surface area contributed by atoms with Gasteiger partial charge >= 0.3 is 0 Å². The van der Waals surface area contributed by atoms with Gasteiger partial charge in [0, 0.05) is 17.8 Å². The van der Waals surface area contributed by atoms with Crippen molar-refractivity contribution in [1.29, 1.82) is 5.26 Å². The second-order valence-electron chi connectivity index (χ2n) is 3.48. The lowest BCUT2D eigenvalue weighted by Gasteiger charge is -2.06. The van der Waals surface area contributed by atoms with E-state index >= 15 is 0 Å². The highest BCUT2D eigenvalue weighted by molar-refractivity contribution is 5.80. The molecule has 0 unspecified atom stereocenters. The smallest absolute Gasteiger partial charge is 0.213 e. The van der Waals surface area contributed by atoms with Gasteiger partial charge in [0.1, 0.15) is 6.07 Å². The van der Waals surface area contributed by atoms with Crippen LogP contribution in [0.15, 0.2) is 31.0 Å². The summed E-state index contributed by atoms with van der Waals surface area (Å²) in [7, 11) is 1.56. The highest BCUT2D eigenvalue weighted by Gasteiger charge is 2.09. The van der Waals surface area contributed by atoms with Gasteiger partial charge in [-0.3, -0.25) is 4.98 Å². The van der Waals surface area contributed by atoms with Crippen LogP contribution in [-0.4, -0.2) is 17.1 Å². The molecule has 0 saturated carbocycles. The van der Waals surface area contributed by atoms with Gasteiger partial charge in [0.2, 0.25) is 5.88 Å². The third-order valence-corrected chi connectivity index (χ3v) is 2.47. The van der Waals surface area contributed by atoms with Crippen molar-refractivity contribution in [2.75, 3.05) is 7.11 Å². The zero-order chi connectivity index (χ0) is 12.3. The number of nitriles is 1. The highest BCUT2D eigenvalue weighted by atomic mass is 16.5. The second-order valence-corrected chi connectivity index (χ2v) is 3.48. The molecule has 0 aliphatic carbocycles. The van der Waals surface area contributed by atoms with Gasteiger partial charge in [-0.25, -0.2) is 4.98 Å². The fourth-order valence-corrected chi connectivity index (χ4v) is 1.66. The number of hydrogen-bond acceptors (Lipinski definition) is 4. The van der Waals surface area contributed by atoms with Crippen LogP contribution in [-0.2, 0) is 6.42 Å². The molecular formula is C13H11N3O. The first-order valence-corrected chi connectivity index (χ1v) is 5.13. The molecule has 0 aliphatic rings. The number of pyridine rings is 2. The molecule has 0 saturated heterocycles. The van der Waals surface area contributed by atoms with Crippen LogP contribution in [0.25, 0.3) is 11.0 Å². The fraction of sp³-hybridized carbons (Fsp3) is 0.154. The van der Waals surface area contributed by atoms with Gasteiger partial charge in [0.25, 0.3) is 0 Å². The van der Waals surface area contributed by atoms with Crippen molar-refractivity contribution in [1.82, 2.24) is 9.97 Å². The van der Waals surface area contributed by atoms with Crippen molar-refractivity contribution >= 4 is 11.0 Å². The maximum absolute atomic E-state index is 9.05. The Bertz CT molecular complexity index is 614. The van der Waals surface area contributed by atoms with Gasteiger partial charge in [-0.1, -0.05) is 6.08 Å². The van der Waals surface area contributed by atoms with E-state index in [-0.39, 0.29) is 0 Å². The summed E-state index contributed by atoms with van der Waals surface area (Å²) in [6, 6.07) is 5.70. The average Bonchev–Trinajstić information content (AvgIpc) is 2.39. The maximum atomic E-state index is 9.05. The monoisotopic (exact) mass is 225 g/mol. The van der Waals surface area contributed by atoms with Crippen LogP contribution in [0.1, 0.15) is 11.1 Å². The van der Waals surface area contributed by atoms with Crippen molar-refractivity contribution in [2.24, 2.45) is 0 Å². The number of rotatable bonds is 3. The molecule has 0 aromatic carbocycles. The van der Waals surface area contributed by atoms with Crippen LogP contribution in [0.3, 0.4) is 0 Å².